The summed E-state index contributed by atoms with van der Waals surface area (Å²) in [6, 6.07) is 5.83. The van der Waals surface area contributed by atoms with Crippen molar-refractivity contribution < 1.29 is 13.2 Å². The number of amides is 1. The molecule has 19 heavy (non-hydrogen) atoms. The van der Waals surface area contributed by atoms with E-state index < -0.39 is 15.9 Å². The van der Waals surface area contributed by atoms with Crippen molar-refractivity contribution in [2.75, 3.05) is 19.6 Å². The Kier molecular flexibility index (Phi) is 3.88. The second kappa shape index (κ2) is 5.28. The van der Waals surface area contributed by atoms with E-state index >= 15 is 0 Å². The fourth-order valence-corrected chi connectivity index (χ4v) is 3.59. The van der Waals surface area contributed by atoms with Gasteiger partial charge in [-0.05, 0) is 31.2 Å². The lowest BCUT2D eigenvalue weighted by molar-refractivity contribution is 0.1000. The Hall–Kier alpha value is -1.44. The highest BCUT2D eigenvalue weighted by atomic mass is 32.2. The van der Waals surface area contributed by atoms with E-state index in [-0.39, 0.29) is 10.9 Å². The van der Waals surface area contributed by atoms with Crippen LogP contribution < -0.4 is 11.1 Å². The molecule has 2 rings (SSSR count). The molecule has 1 aliphatic heterocycles. The maximum absolute atomic E-state index is 12.4. The first-order valence-electron chi connectivity index (χ1n) is 6.04. The van der Waals surface area contributed by atoms with E-state index in [2.05, 4.69) is 5.32 Å². The summed E-state index contributed by atoms with van der Waals surface area (Å²) in [7, 11) is -3.50. The molecule has 1 aromatic rings. The smallest absolute Gasteiger partial charge is 0.248 e. The highest BCUT2D eigenvalue weighted by Gasteiger charge is 2.28. The Balaban J connectivity index is 2.26. The molecule has 0 saturated carbocycles. The molecule has 1 amide bonds. The van der Waals surface area contributed by atoms with E-state index in [1.165, 1.54) is 28.6 Å². The van der Waals surface area contributed by atoms with Crippen molar-refractivity contribution in [3.8, 4) is 0 Å². The first kappa shape index (κ1) is 14.0. The number of nitrogens with zero attached hydrogens (tertiary/aromatic N) is 1. The van der Waals surface area contributed by atoms with Crippen molar-refractivity contribution in [2.24, 2.45) is 5.73 Å². The SMILES string of the molecule is CC1CN(S(=O)(=O)c2ccc(C(N)=O)cc2)CCN1. The van der Waals surface area contributed by atoms with Crippen molar-refractivity contribution in [3.05, 3.63) is 29.8 Å². The van der Waals surface area contributed by atoms with Gasteiger partial charge in [-0.3, -0.25) is 4.79 Å². The molecule has 104 valence electrons. The van der Waals surface area contributed by atoms with Crippen molar-refractivity contribution >= 4 is 15.9 Å². The molecule has 0 radical (unpaired) electrons. The quantitative estimate of drug-likeness (QED) is 0.801. The molecular weight excluding hydrogens is 266 g/mol. The Morgan fingerprint density at radius 1 is 1.37 bits per heavy atom. The minimum absolute atomic E-state index is 0.133. The van der Waals surface area contributed by atoms with E-state index in [1.807, 2.05) is 6.92 Å². The van der Waals surface area contributed by atoms with Crippen LogP contribution in [0.1, 0.15) is 17.3 Å². The number of hydrogen-bond acceptors (Lipinski definition) is 4. The summed E-state index contributed by atoms with van der Waals surface area (Å²) in [6.07, 6.45) is 0. The predicted octanol–water partition coefficient (Wildman–Crippen LogP) is -0.232. The first-order chi connectivity index (χ1) is 8.91. The Labute approximate surface area is 112 Å². The molecule has 1 fully saturated rings. The minimum atomic E-state index is -3.50. The summed E-state index contributed by atoms with van der Waals surface area (Å²) in [5.41, 5.74) is 5.43. The summed E-state index contributed by atoms with van der Waals surface area (Å²) >= 11 is 0. The van der Waals surface area contributed by atoms with Gasteiger partial charge in [0.2, 0.25) is 15.9 Å². The Morgan fingerprint density at radius 3 is 2.53 bits per heavy atom. The van der Waals surface area contributed by atoms with Gasteiger partial charge in [0.25, 0.3) is 0 Å². The monoisotopic (exact) mass is 283 g/mol. The van der Waals surface area contributed by atoms with Crippen molar-refractivity contribution in [2.45, 2.75) is 17.9 Å². The van der Waals surface area contributed by atoms with Gasteiger partial charge in [0.1, 0.15) is 0 Å². The van der Waals surface area contributed by atoms with Crippen LogP contribution in [-0.2, 0) is 10.0 Å². The van der Waals surface area contributed by atoms with Crippen LogP contribution in [-0.4, -0.2) is 44.3 Å². The molecule has 6 nitrogen and oxygen atoms in total. The molecule has 7 heteroatoms. The number of primary amides is 1. The van der Waals surface area contributed by atoms with Crippen LogP contribution in [0.25, 0.3) is 0 Å². The third-order valence-electron chi connectivity index (χ3n) is 3.11. The molecule has 1 unspecified atom stereocenters. The van der Waals surface area contributed by atoms with E-state index in [0.29, 0.717) is 25.2 Å². The van der Waals surface area contributed by atoms with Gasteiger partial charge in [0.05, 0.1) is 4.90 Å². The van der Waals surface area contributed by atoms with Gasteiger partial charge in [-0.15, -0.1) is 0 Å². The number of rotatable bonds is 3. The van der Waals surface area contributed by atoms with Gasteiger partial charge in [-0.2, -0.15) is 4.31 Å². The number of piperazine rings is 1. The van der Waals surface area contributed by atoms with Gasteiger partial charge in [-0.1, -0.05) is 0 Å². The molecule has 0 aromatic heterocycles. The topological polar surface area (TPSA) is 92.5 Å². The summed E-state index contributed by atoms with van der Waals surface area (Å²) in [5.74, 6) is -0.570. The lowest BCUT2D eigenvalue weighted by atomic mass is 10.2. The standard InChI is InChI=1S/C12H17N3O3S/c1-9-8-15(7-6-14-9)19(17,18)11-4-2-10(3-5-11)12(13)16/h2-5,9,14H,6-8H2,1H3,(H2,13,16). The zero-order valence-electron chi connectivity index (χ0n) is 10.7. The molecule has 1 aromatic carbocycles. The van der Waals surface area contributed by atoms with Crippen LogP contribution in [0.15, 0.2) is 29.2 Å². The van der Waals surface area contributed by atoms with Gasteiger partial charge in [0.15, 0.2) is 0 Å². The summed E-state index contributed by atoms with van der Waals surface area (Å²) in [4.78, 5) is 11.1. The van der Waals surface area contributed by atoms with Crippen molar-refractivity contribution in [1.29, 1.82) is 0 Å². The zero-order valence-corrected chi connectivity index (χ0v) is 11.5. The largest absolute Gasteiger partial charge is 0.366 e. The Bertz CT molecular complexity index is 568. The number of carbonyl (C=O) groups excluding carboxylic acids is 1. The second-order valence-electron chi connectivity index (χ2n) is 4.61. The lowest BCUT2D eigenvalue weighted by Crippen LogP contribution is -2.51. The molecule has 0 bridgehead atoms. The number of sulfonamides is 1. The van der Waals surface area contributed by atoms with Crippen LogP contribution >= 0.6 is 0 Å². The third-order valence-corrected chi connectivity index (χ3v) is 4.99. The van der Waals surface area contributed by atoms with E-state index in [9.17, 15) is 13.2 Å². The van der Waals surface area contributed by atoms with Crippen LogP contribution in [0.2, 0.25) is 0 Å². The fourth-order valence-electron chi connectivity index (χ4n) is 2.06. The van der Waals surface area contributed by atoms with Crippen LogP contribution in [0.3, 0.4) is 0 Å². The normalized spacial score (nSPS) is 21.2. The van der Waals surface area contributed by atoms with Crippen molar-refractivity contribution in [1.82, 2.24) is 9.62 Å². The number of hydrogen-bond donors (Lipinski definition) is 2. The number of nitrogens with two attached hydrogens (primary N) is 1. The van der Waals surface area contributed by atoms with Gasteiger partial charge < -0.3 is 11.1 Å². The maximum Gasteiger partial charge on any atom is 0.248 e. The van der Waals surface area contributed by atoms with Crippen LogP contribution in [0.5, 0.6) is 0 Å². The summed E-state index contributed by atoms with van der Waals surface area (Å²) < 4.78 is 26.2. The fraction of sp³-hybridized carbons (Fsp3) is 0.417. The molecular formula is C12H17N3O3S. The third kappa shape index (κ3) is 2.94. The number of carbonyl (C=O) groups is 1. The molecule has 1 atom stereocenters. The van der Waals surface area contributed by atoms with Crippen LogP contribution in [0.4, 0.5) is 0 Å². The van der Waals surface area contributed by atoms with Gasteiger partial charge >= 0.3 is 0 Å². The van der Waals surface area contributed by atoms with E-state index in [0.717, 1.165) is 0 Å². The molecule has 0 aliphatic carbocycles. The zero-order chi connectivity index (χ0) is 14.0. The maximum atomic E-state index is 12.4. The summed E-state index contributed by atoms with van der Waals surface area (Å²) in [5, 5.41) is 3.19. The molecule has 3 N–H and O–H groups in total. The van der Waals surface area contributed by atoms with Gasteiger partial charge in [-0.25, -0.2) is 8.42 Å². The van der Waals surface area contributed by atoms with Crippen LogP contribution in [0, 0.1) is 0 Å². The van der Waals surface area contributed by atoms with E-state index in [4.69, 9.17) is 5.73 Å². The lowest BCUT2D eigenvalue weighted by Gasteiger charge is -2.31. The average Bonchev–Trinajstić information content (AvgIpc) is 2.39. The highest BCUT2D eigenvalue weighted by molar-refractivity contribution is 7.89. The minimum Gasteiger partial charge on any atom is -0.366 e. The molecule has 0 spiro atoms. The first-order valence-corrected chi connectivity index (χ1v) is 7.48. The van der Waals surface area contributed by atoms with Gasteiger partial charge in [0, 0.05) is 31.2 Å². The average molecular weight is 283 g/mol. The summed E-state index contributed by atoms with van der Waals surface area (Å²) in [6.45, 7) is 3.47. The molecule has 1 aliphatic rings. The Morgan fingerprint density at radius 2 is 2.00 bits per heavy atom. The number of benzene rings is 1. The number of nitrogens with one attached hydrogen (secondary N) is 1. The molecule has 1 saturated heterocycles. The second-order valence-corrected chi connectivity index (χ2v) is 6.54. The highest BCUT2D eigenvalue weighted by Crippen LogP contribution is 2.17. The molecule has 1 heterocycles. The van der Waals surface area contributed by atoms with Crippen molar-refractivity contribution in [3.63, 3.8) is 0 Å². The predicted molar refractivity (Wildman–Crippen MR) is 71.2 cm³/mol. The van der Waals surface area contributed by atoms with E-state index in [1.54, 1.807) is 0 Å².